The van der Waals surface area contributed by atoms with Gasteiger partial charge in [-0.15, -0.1) is 0 Å². The van der Waals surface area contributed by atoms with Crippen molar-refractivity contribution in [3.63, 3.8) is 0 Å². The maximum Gasteiger partial charge on any atom is 0.270 e. The number of carbonyl (C=O) groups is 1. The van der Waals surface area contributed by atoms with Gasteiger partial charge in [0, 0.05) is 11.6 Å². The van der Waals surface area contributed by atoms with E-state index in [0.29, 0.717) is 10.6 Å². The minimum Gasteiger partial charge on any atom is -0.508 e. The number of aromatic hydroxyl groups is 1. The Hall–Kier alpha value is -1.90. The second-order valence-corrected chi connectivity index (χ2v) is 2.83. The van der Waals surface area contributed by atoms with Crippen molar-refractivity contribution in [2.45, 2.75) is 0 Å². The molecule has 1 amide bonds. The van der Waals surface area contributed by atoms with E-state index < -0.39 is 0 Å². The smallest absolute Gasteiger partial charge is 0.270 e. The molecule has 0 unspecified atom stereocenters. The molecule has 2 rings (SSSR count). The van der Waals surface area contributed by atoms with Crippen LogP contribution in [0.25, 0.3) is 12.7 Å². The average Bonchev–Trinajstić information content (AvgIpc) is 2.06. The number of benzene rings is 1. The van der Waals surface area contributed by atoms with Gasteiger partial charge in [0.2, 0.25) is 0 Å². The lowest BCUT2D eigenvalue weighted by Crippen LogP contribution is -2.28. The molecule has 1 N–H and O–H groups in total. The molecule has 13 heavy (non-hydrogen) atoms. The van der Waals surface area contributed by atoms with Gasteiger partial charge in [-0.25, -0.2) is 4.99 Å². The molecule has 1 aliphatic heterocycles. The first-order valence-electron chi connectivity index (χ1n) is 3.79. The predicted octanol–water partition coefficient (Wildman–Crippen LogP) is -0.0245. The minimum absolute atomic E-state index is 0.137. The Labute approximate surface area is 74.4 Å². The van der Waals surface area contributed by atoms with Gasteiger partial charge in [-0.05, 0) is 23.4 Å². The maximum absolute atomic E-state index is 10.9. The number of phenolic OH excluding ortho intramolecular Hbond substituents is 1. The molecule has 0 bridgehead atoms. The van der Waals surface area contributed by atoms with Crippen molar-refractivity contribution in [3.05, 3.63) is 34.3 Å². The van der Waals surface area contributed by atoms with Crippen LogP contribution >= 0.6 is 0 Å². The van der Waals surface area contributed by atoms with Crippen molar-refractivity contribution < 1.29 is 9.90 Å². The van der Waals surface area contributed by atoms with Crippen molar-refractivity contribution in [1.82, 2.24) is 0 Å². The van der Waals surface area contributed by atoms with Gasteiger partial charge in [0.25, 0.3) is 5.91 Å². The van der Waals surface area contributed by atoms with Gasteiger partial charge in [-0.1, -0.05) is 6.58 Å². The van der Waals surface area contributed by atoms with Crippen LogP contribution in [0, 0.1) is 0 Å². The first kappa shape index (κ1) is 7.73. The van der Waals surface area contributed by atoms with Crippen LogP contribution in [0.1, 0.15) is 5.56 Å². The molecule has 3 heteroatoms. The van der Waals surface area contributed by atoms with Gasteiger partial charge < -0.3 is 5.11 Å². The molecule has 1 heterocycles. The highest BCUT2D eigenvalue weighted by molar-refractivity contribution is 5.94. The molecular formula is C10H7NO2. The number of carbonyl (C=O) groups excluding carboxylic acids is 1. The Morgan fingerprint density at radius 1 is 1.31 bits per heavy atom. The zero-order valence-corrected chi connectivity index (χ0v) is 6.82. The van der Waals surface area contributed by atoms with Crippen molar-refractivity contribution >= 4 is 18.6 Å². The van der Waals surface area contributed by atoms with Crippen molar-refractivity contribution in [1.29, 1.82) is 0 Å². The normalized spacial score (nSPS) is 13.7. The molecule has 64 valence electrons. The van der Waals surface area contributed by atoms with Gasteiger partial charge in [0.1, 0.15) is 5.75 Å². The van der Waals surface area contributed by atoms with Gasteiger partial charge in [0.05, 0.1) is 5.36 Å². The predicted molar refractivity (Wildman–Crippen MR) is 48.5 cm³/mol. The van der Waals surface area contributed by atoms with E-state index in [2.05, 4.69) is 11.6 Å². The van der Waals surface area contributed by atoms with Crippen LogP contribution in [-0.4, -0.2) is 11.0 Å². The van der Waals surface area contributed by atoms with Crippen LogP contribution in [0.3, 0.4) is 0 Å². The lowest BCUT2D eigenvalue weighted by atomic mass is 10.1. The standard InChI is InChI=1S/C10H7NO2/c1-6-4-8(12)5-7-2-3-9(13)11-10(6)7/h2-5,12H,1H2. The van der Waals surface area contributed by atoms with E-state index in [1.165, 1.54) is 12.1 Å². The fourth-order valence-corrected chi connectivity index (χ4v) is 1.27. The monoisotopic (exact) mass is 173 g/mol. The lowest BCUT2D eigenvalue weighted by Gasteiger charge is -2.01. The highest BCUT2D eigenvalue weighted by Gasteiger charge is 2.04. The quantitative estimate of drug-likeness (QED) is 0.599. The number of fused-ring (bicyclic) bond motifs is 1. The van der Waals surface area contributed by atoms with E-state index in [9.17, 15) is 9.90 Å². The van der Waals surface area contributed by atoms with Gasteiger partial charge in [0.15, 0.2) is 0 Å². The molecule has 3 nitrogen and oxygen atoms in total. The van der Waals surface area contributed by atoms with Crippen LogP contribution in [-0.2, 0) is 4.79 Å². The summed E-state index contributed by atoms with van der Waals surface area (Å²) in [4.78, 5) is 14.7. The second-order valence-electron chi connectivity index (χ2n) is 2.83. The summed E-state index contributed by atoms with van der Waals surface area (Å²) in [7, 11) is 0. The Morgan fingerprint density at radius 3 is 2.85 bits per heavy atom. The first-order chi connectivity index (χ1) is 6.16. The molecule has 0 spiro atoms. The molecule has 0 saturated heterocycles. The number of hydrogen-bond acceptors (Lipinski definition) is 2. The fraction of sp³-hybridized carbons (Fsp3) is 0. The van der Waals surface area contributed by atoms with Crippen molar-refractivity contribution in [2.75, 3.05) is 0 Å². The second kappa shape index (κ2) is 2.55. The van der Waals surface area contributed by atoms with Crippen molar-refractivity contribution in [3.8, 4) is 5.75 Å². The highest BCUT2D eigenvalue weighted by Crippen LogP contribution is 2.07. The maximum atomic E-state index is 10.9. The summed E-state index contributed by atoms with van der Waals surface area (Å²) in [6.07, 6.45) is 2.99. The van der Waals surface area contributed by atoms with Crippen LogP contribution in [0.2, 0.25) is 0 Å². The van der Waals surface area contributed by atoms with Gasteiger partial charge >= 0.3 is 0 Å². The summed E-state index contributed by atoms with van der Waals surface area (Å²) in [5, 5.41) is 10.3. The van der Waals surface area contributed by atoms with E-state index in [-0.39, 0.29) is 11.7 Å². The fourth-order valence-electron chi connectivity index (χ4n) is 1.27. The van der Waals surface area contributed by atoms with Crippen LogP contribution in [0.15, 0.2) is 23.2 Å². The lowest BCUT2D eigenvalue weighted by molar-refractivity contribution is -0.113. The number of amides is 1. The number of hydrogen-bond donors (Lipinski definition) is 1. The molecular weight excluding hydrogens is 166 g/mol. The SMILES string of the molecule is C=c1cc(O)cc2c1=NC(=O)C=C2. The van der Waals surface area contributed by atoms with Crippen LogP contribution in [0.5, 0.6) is 5.75 Å². The molecule has 1 aromatic carbocycles. The molecule has 0 radical (unpaired) electrons. The van der Waals surface area contributed by atoms with Crippen LogP contribution < -0.4 is 10.6 Å². The molecule has 0 atom stereocenters. The van der Waals surface area contributed by atoms with E-state index in [1.807, 2.05) is 0 Å². The summed E-state index contributed by atoms with van der Waals surface area (Å²) >= 11 is 0. The highest BCUT2D eigenvalue weighted by atomic mass is 16.3. The number of phenols is 1. The molecule has 0 aliphatic carbocycles. The van der Waals surface area contributed by atoms with Gasteiger partial charge in [-0.2, -0.15) is 0 Å². The molecule has 1 aromatic rings. The largest absolute Gasteiger partial charge is 0.508 e. The zero-order valence-electron chi connectivity index (χ0n) is 6.82. The first-order valence-corrected chi connectivity index (χ1v) is 3.79. The Morgan fingerprint density at radius 2 is 2.08 bits per heavy atom. The molecule has 0 fully saturated rings. The Kier molecular flexibility index (Phi) is 1.52. The van der Waals surface area contributed by atoms with E-state index in [1.54, 1.807) is 12.1 Å². The third-order valence-electron chi connectivity index (χ3n) is 1.83. The van der Waals surface area contributed by atoms with E-state index >= 15 is 0 Å². The molecule has 0 aromatic heterocycles. The molecule has 1 aliphatic rings. The molecule has 0 saturated carbocycles. The summed E-state index contributed by atoms with van der Waals surface area (Å²) in [5.41, 5.74) is 0.726. The summed E-state index contributed by atoms with van der Waals surface area (Å²) in [5.74, 6) is -0.152. The number of rotatable bonds is 0. The summed E-state index contributed by atoms with van der Waals surface area (Å²) in [6.45, 7) is 3.69. The topological polar surface area (TPSA) is 49.7 Å². The summed E-state index contributed by atoms with van der Waals surface area (Å²) < 4.78 is 0. The average molecular weight is 173 g/mol. The Bertz CT molecular complexity index is 514. The Balaban J connectivity index is 2.89. The third-order valence-corrected chi connectivity index (χ3v) is 1.83. The van der Waals surface area contributed by atoms with E-state index in [0.717, 1.165) is 5.56 Å². The zero-order chi connectivity index (χ0) is 9.42. The van der Waals surface area contributed by atoms with Crippen LogP contribution in [0.4, 0.5) is 0 Å². The van der Waals surface area contributed by atoms with E-state index in [4.69, 9.17) is 0 Å². The van der Waals surface area contributed by atoms with Crippen molar-refractivity contribution in [2.24, 2.45) is 4.99 Å². The number of nitrogens with zero attached hydrogens (tertiary/aromatic N) is 1. The minimum atomic E-state index is -0.289. The summed E-state index contributed by atoms with van der Waals surface area (Å²) in [6, 6.07) is 3.03. The third kappa shape index (κ3) is 1.24. The van der Waals surface area contributed by atoms with Gasteiger partial charge in [-0.3, -0.25) is 4.79 Å².